The number of ether oxygens (including phenoxy) is 2. The zero-order chi connectivity index (χ0) is 24.5. The maximum Gasteiger partial charge on any atom is 0.310 e. The van der Waals surface area contributed by atoms with Crippen LogP contribution in [0.25, 0.3) is 11.3 Å². The van der Waals surface area contributed by atoms with Gasteiger partial charge in [0.05, 0.1) is 50.1 Å². The number of carbonyl (C=O) groups is 1. The number of nitriles is 1. The van der Waals surface area contributed by atoms with Crippen molar-refractivity contribution in [1.82, 2.24) is 14.7 Å². The molecule has 0 atom stereocenters. The van der Waals surface area contributed by atoms with Crippen molar-refractivity contribution in [2.75, 3.05) is 39.5 Å². The summed E-state index contributed by atoms with van der Waals surface area (Å²) in [4.78, 5) is 27.0. The summed E-state index contributed by atoms with van der Waals surface area (Å²) < 4.78 is 12.1. The second-order valence-corrected chi connectivity index (χ2v) is 8.43. The van der Waals surface area contributed by atoms with Gasteiger partial charge in [0.15, 0.2) is 0 Å². The molecule has 2 aromatic carbocycles. The van der Waals surface area contributed by atoms with Gasteiger partial charge in [-0.2, -0.15) is 10.4 Å². The van der Waals surface area contributed by atoms with Crippen LogP contribution in [-0.4, -0.2) is 60.1 Å². The molecule has 8 heteroatoms. The summed E-state index contributed by atoms with van der Waals surface area (Å²) in [6.07, 6.45) is 0.975. The molecule has 0 amide bonds. The summed E-state index contributed by atoms with van der Waals surface area (Å²) in [7, 11) is 0. The van der Waals surface area contributed by atoms with Crippen LogP contribution < -0.4 is 5.56 Å². The van der Waals surface area contributed by atoms with Gasteiger partial charge in [-0.3, -0.25) is 14.5 Å². The predicted octanol–water partition coefficient (Wildman–Crippen LogP) is 2.64. The number of esters is 1. The second kappa shape index (κ2) is 12.1. The Morgan fingerprint density at radius 3 is 2.69 bits per heavy atom. The third kappa shape index (κ3) is 7.09. The molecule has 0 radical (unpaired) electrons. The van der Waals surface area contributed by atoms with Crippen molar-refractivity contribution >= 4 is 5.97 Å². The van der Waals surface area contributed by atoms with Gasteiger partial charge < -0.3 is 9.47 Å². The molecule has 0 aliphatic carbocycles. The number of aromatic nitrogens is 2. The van der Waals surface area contributed by atoms with Crippen LogP contribution in [0, 0.1) is 11.3 Å². The Kier molecular flexibility index (Phi) is 8.39. The van der Waals surface area contributed by atoms with Crippen molar-refractivity contribution < 1.29 is 14.3 Å². The van der Waals surface area contributed by atoms with E-state index < -0.39 is 0 Å². The molecule has 8 nitrogen and oxygen atoms in total. The number of hydrogen-bond acceptors (Lipinski definition) is 7. The molecule has 180 valence electrons. The first-order chi connectivity index (χ1) is 17.1. The standard InChI is InChI=1S/C27H28N4O4/c28-19-22-5-2-7-24(17-22)25-8-9-26(32)31(29-25)20-23-6-1-4-21(16-23)18-27(33)35-13-3-10-30-11-14-34-15-12-30/h1-2,4-9,16-17H,3,10-15,18,20H2. The number of hydrogen-bond donors (Lipinski definition) is 0. The van der Waals surface area contributed by atoms with E-state index in [-0.39, 0.29) is 24.5 Å². The molecule has 35 heavy (non-hydrogen) atoms. The fourth-order valence-corrected chi connectivity index (χ4v) is 3.99. The summed E-state index contributed by atoms with van der Waals surface area (Å²) >= 11 is 0. The molecule has 1 aliphatic rings. The first-order valence-electron chi connectivity index (χ1n) is 11.7. The van der Waals surface area contributed by atoms with E-state index in [4.69, 9.17) is 14.7 Å². The minimum atomic E-state index is -0.265. The van der Waals surface area contributed by atoms with Crippen LogP contribution in [0.5, 0.6) is 0 Å². The van der Waals surface area contributed by atoms with E-state index in [1.807, 2.05) is 30.3 Å². The summed E-state index contributed by atoms with van der Waals surface area (Å²) in [5.74, 6) is -0.265. The summed E-state index contributed by atoms with van der Waals surface area (Å²) in [5.41, 5.74) is 3.37. The zero-order valence-corrected chi connectivity index (χ0v) is 19.6. The van der Waals surface area contributed by atoms with Gasteiger partial charge in [-0.1, -0.05) is 36.4 Å². The van der Waals surface area contributed by atoms with E-state index in [9.17, 15) is 9.59 Å². The largest absolute Gasteiger partial charge is 0.465 e. The number of rotatable bonds is 9. The summed E-state index contributed by atoms with van der Waals surface area (Å²) in [6, 6.07) is 19.9. The van der Waals surface area contributed by atoms with Gasteiger partial charge in [0.25, 0.3) is 5.56 Å². The molecule has 0 saturated carbocycles. The van der Waals surface area contributed by atoms with E-state index >= 15 is 0 Å². The van der Waals surface area contributed by atoms with Crippen LogP contribution in [0.4, 0.5) is 0 Å². The fraction of sp³-hybridized carbons (Fsp3) is 0.333. The number of morpholine rings is 1. The molecule has 3 aromatic rings. The van der Waals surface area contributed by atoms with Crippen molar-refractivity contribution in [3.05, 3.63) is 87.7 Å². The smallest absolute Gasteiger partial charge is 0.310 e. The molecular formula is C27H28N4O4. The monoisotopic (exact) mass is 472 g/mol. The fourth-order valence-electron chi connectivity index (χ4n) is 3.99. The molecule has 0 spiro atoms. The molecule has 1 aliphatic heterocycles. The van der Waals surface area contributed by atoms with Gasteiger partial charge in [0, 0.05) is 31.3 Å². The summed E-state index contributed by atoms with van der Waals surface area (Å²) in [6.45, 7) is 4.93. The Hall–Kier alpha value is -3.80. The number of nitrogens with zero attached hydrogens (tertiary/aromatic N) is 4. The quantitative estimate of drug-likeness (QED) is 0.349. The van der Waals surface area contributed by atoms with Gasteiger partial charge in [-0.25, -0.2) is 4.68 Å². The van der Waals surface area contributed by atoms with Crippen molar-refractivity contribution in [3.63, 3.8) is 0 Å². The molecule has 2 heterocycles. The van der Waals surface area contributed by atoms with Gasteiger partial charge in [0.2, 0.25) is 0 Å². The SMILES string of the molecule is N#Cc1cccc(-c2ccc(=O)n(Cc3cccc(CC(=O)OCCCN4CCOCC4)c3)n2)c1. The minimum absolute atomic E-state index is 0.175. The lowest BCUT2D eigenvalue weighted by Gasteiger charge is -2.26. The average Bonchev–Trinajstić information content (AvgIpc) is 2.89. The molecule has 1 fully saturated rings. The van der Waals surface area contributed by atoms with Crippen LogP contribution in [0.3, 0.4) is 0 Å². The van der Waals surface area contributed by atoms with Crippen molar-refractivity contribution in [3.8, 4) is 17.3 Å². The lowest BCUT2D eigenvalue weighted by molar-refractivity contribution is -0.143. The van der Waals surface area contributed by atoms with Gasteiger partial charge in [-0.15, -0.1) is 0 Å². The maximum absolute atomic E-state index is 12.4. The molecule has 0 unspecified atom stereocenters. The second-order valence-electron chi connectivity index (χ2n) is 8.43. The lowest BCUT2D eigenvalue weighted by Crippen LogP contribution is -2.37. The van der Waals surface area contributed by atoms with E-state index in [1.165, 1.54) is 10.7 Å². The molecule has 1 saturated heterocycles. The van der Waals surface area contributed by atoms with Crippen molar-refractivity contribution in [2.45, 2.75) is 19.4 Å². The Morgan fingerprint density at radius 1 is 1.06 bits per heavy atom. The Morgan fingerprint density at radius 2 is 1.86 bits per heavy atom. The Labute approximate surface area is 204 Å². The maximum atomic E-state index is 12.4. The predicted molar refractivity (Wildman–Crippen MR) is 131 cm³/mol. The van der Waals surface area contributed by atoms with Crippen LogP contribution in [0.1, 0.15) is 23.1 Å². The van der Waals surface area contributed by atoms with Gasteiger partial charge in [-0.05, 0) is 35.7 Å². The van der Waals surface area contributed by atoms with Crippen molar-refractivity contribution in [2.24, 2.45) is 0 Å². The first-order valence-corrected chi connectivity index (χ1v) is 11.7. The van der Waals surface area contributed by atoms with Crippen LogP contribution in [0.15, 0.2) is 65.5 Å². The van der Waals surface area contributed by atoms with E-state index in [2.05, 4.69) is 16.1 Å². The molecule has 0 bridgehead atoms. The third-order valence-electron chi connectivity index (χ3n) is 5.81. The van der Waals surface area contributed by atoms with Gasteiger partial charge >= 0.3 is 5.97 Å². The lowest BCUT2D eigenvalue weighted by atomic mass is 10.1. The first kappa shape index (κ1) is 24.3. The normalized spacial score (nSPS) is 13.8. The highest BCUT2D eigenvalue weighted by molar-refractivity contribution is 5.72. The Balaban J connectivity index is 1.34. The van der Waals surface area contributed by atoms with E-state index in [0.29, 0.717) is 17.9 Å². The minimum Gasteiger partial charge on any atom is -0.465 e. The summed E-state index contributed by atoms with van der Waals surface area (Å²) in [5, 5.41) is 13.6. The molecular weight excluding hydrogens is 444 g/mol. The molecule has 0 N–H and O–H groups in total. The third-order valence-corrected chi connectivity index (χ3v) is 5.81. The Bertz CT molecular complexity index is 1260. The number of carbonyl (C=O) groups excluding carboxylic acids is 1. The van der Waals surface area contributed by atoms with Crippen molar-refractivity contribution in [1.29, 1.82) is 5.26 Å². The highest BCUT2D eigenvalue weighted by Gasteiger charge is 2.11. The molecule has 1 aromatic heterocycles. The average molecular weight is 473 g/mol. The zero-order valence-electron chi connectivity index (χ0n) is 19.6. The van der Waals surface area contributed by atoms with E-state index in [0.717, 1.165) is 56.0 Å². The highest BCUT2D eigenvalue weighted by atomic mass is 16.5. The van der Waals surface area contributed by atoms with Crippen LogP contribution in [-0.2, 0) is 27.2 Å². The topological polar surface area (TPSA) is 97.5 Å². The van der Waals surface area contributed by atoms with Crippen LogP contribution in [0.2, 0.25) is 0 Å². The van der Waals surface area contributed by atoms with Crippen LogP contribution >= 0.6 is 0 Å². The molecule has 4 rings (SSSR count). The van der Waals surface area contributed by atoms with Gasteiger partial charge in [0.1, 0.15) is 0 Å². The van der Waals surface area contributed by atoms with E-state index in [1.54, 1.807) is 24.3 Å². The number of benzene rings is 2. The highest BCUT2D eigenvalue weighted by Crippen LogP contribution is 2.17.